The number of aryl methyl sites for hydroxylation is 2. The lowest BCUT2D eigenvalue weighted by atomic mass is 10.1. The average Bonchev–Trinajstić information content (AvgIpc) is 2.69. The van der Waals surface area contributed by atoms with Crippen molar-refractivity contribution in [2.75, 3.05) is 0 Å². The van der Waals surface area contributed by atoms with Crippen LogP contribution in [-0.2, 0) is 11.3 Å². The number of nitrogens with zero attached hydrogens (tertiary/aromatic N) is 3. The van der Waals surface area contributed by atoms with Crippen LogP contribution in [-0.4, -0.2) is 32.4 Å². The number of carbonyl (C=O) groups is 1. The minimum absolute atomic E-state index is 0.271. The molecule has 0 fully saturated rings. The van der Waals surface area contributed by atoms with Crippen LogP contribution in [0.5, 0.6) is 0 Å². The molecule has 0 radical (unpaired) electrons. The molecule has 19 heavy (non-hydrogen) atoms. The maximum Gasteiger partial charge on any atom is 0.223 e. The third kappa shape index (κ3) is 4.69. The highest BCUT2D eigenvalue weighted by Crippen LogP contribution is 2.10. The summed E-state index contributed by atoms with van der Waals surface area (Å²) in [6.07, 6.45) is 6.41. The van der Waals surface area contributed by atoms with Crippen molar-refractivity contribution in [3.63, 3.8) is 0 Å². The highest BCUT2D eigenvalue weighted by Gasteiger charge is 2.19. The molecule has 0 saturated heterocycles. The zero-order valence-electron chi connectivity index (χ0n) is 12.9. The molecular weight excluding hydrogens is 238 g/mol. The second kappa shape index (κ2) is 7.31. The highest BCUT2D eigenvalue weighted by atomic mass is 16.2. The Labute approximate surface area is 116 Å². The van der Waals surface area contributed by atoms with Gasteiger partial charge in [-0.05, 0) is 47.5 Å². The molecule has 0 aliphatic rings. The lowest BCUT2D eigenvalue weighted by molar-refractivity contribution is -0.134. The molecule has 0 unspecified atom stereocenters. The highest BCUT2D eigenvalue weighted by molar-refractivity contribution is 5.76. The fraction of sp³-hybridized carbons (Fsp3) is 0.733. The Kier molecular flexibility index (Phi) is 6.06. The molecule has 4 nitrogen and oxygen atoms in total. The number of aromatic nitrogens is 2. The second-order valence-electron chi connectivity index (χ2n) is 5.61. The van der Waals surface area contributed by atoms with Crippen LogP contribution in [0.1, 0.15) is 52.8 Å². The number of rotatable bonds is 7. The smallest absolute Gasteiger partial charge is 0.223 e. The van der Waals surface area contributed by atoms with E-state index >= 15 is 0 Å². The Balaban J connectivity index is 2.32. The minimum Gasteiger partial charge on any atom is -0.338 e. The van der Waals surface area contributed by atoms with Crippen LogP contribution in [0.4, 0.5) is 0 Å². The van der Waals surface area contributed by atoms with Gasteiger partial charge in [-0.3, -0.25) is 4.79 Å². The van der Waals surface area contributed by atoms with Crippen molar-refractivity contribution < 1.29 is 4.79 Å². The number of carbonyl (C=O) groups excluding carboxylic acids is 1. The van der Waals surface area contributed by atoms with Gasteiger partial charge >= 0.3 is 0 Å². The van der Waals surface area contributed by atoms with Crippen LogP contribution >= 0.6 is 0 Å². The Morgan fingerprint density at radius 3 is 2.37 bits per heavy atom. The maximum atomic E-state index is 12.2. The van der Waals surface area contributed by atoms with Crippen LogP contribution < -0.4 is 0 Å². The number of imidazole rings is 1. The molecule has 1 rings (SSSR count). The molecule has 0 aliphatic heterocycles. The summed E-state index contributed by atoms with van der Waals surface area (Å²) in [4.78, 5) is 18.3. The molecule has 108 valence electrons. The van der Waals surface area contributed by atoms with Crippen LogP contribution in [0.15, 0.2) is 12.4 Å². The standard InChI is InChI=1S/C15H27N3O/c1-12(2)18(13(3)4)15(19)8-6-7-10-17-11-9-16-14(17)5/h9,11-13H,6-8,10H2,1-5H3. The van der Waals surface area contributed by atoms with Gasteiger partial charge in [0.05, 0.1) is 0 Å². The van der Waals surface area contributed by atoms with E-state index in [4.69, 9.17) is 0 Å². The van der Waals surface area contributed by atoms with Crippen molar-refractivity contribution in [2.45, 2.75) is 72.5 Å². The first kappa shape index (κ1) is 15.7. The first-order valence-corrected chi connectivity index (χ1v) is 7.22. The van der Waals surface area contributed by atoms with Gasteiger partial charge in [-0.15, -0.1) is 0 Å². The summed E-state index contributed by atoms with van der Waals surface area (Å²) in [7, 11) is 0. The molecule has 0 aliphatic carbocycles. The molecule has 0 spiro atoms. The second-order valence-corrected chi connectivity index (χ2v) is 5.61. The van der Waals surface area contributed by atoms with Gasteiger partial charge in [0.1, 0.15) is 5.82 Å². The fourth-order valence-electron chi connectivity index (χ4n) is 2.50. The van der Waals surface area contributed by atoms with E-state index in [9.17, 15) is 4.79 Å². The van der Waals surface area contributed by atoms with Crippen LogP contribution in [0.25, 0.3) is 0 Å². The summed E-state index contributed by atoms with van der Waals surface area (Å²) in [5.41, 5.74) is 0. The molecular formula is C15H27N3O. The Bertz CT molecular complexity index is 388. The number of hydrogen-bond donors (Lipinski definition) is 0. The molecule has 1 aromatic rings. The van der Waals surface area contributed by atoms with E-state index < -0.39 is 0 Å². The normalized spacial score (nSPS) is 11.3. The summed E-state index contributed by atoms with van der Waals surface area (Å²) in [6, 6.07) is 0.562. The van der Waals surface area contributed by atoms with Crippen LogP contribution in [0.2, 0.25) is 0 Å². The van der Waals surface area contributed by atoms with Crippen molar-refractivity contribution in [1.29, 1.82) is 0 Å². The predicted octanol–water partition coefficient (Wildman–Crippen LogP) is 3.01. The van der Waals surface area contributed by atoms with Gasteiger partial charge in [0, 0.05) is 37.4 Å². The van der Waals surface area contributed by atoms with Gasteiger partial charge in [0.2, 0.25) is 5.91 Å². The van der Waals surface area contributed by atoms with Gasteiger partial charge < -0.3 is 9.47 Å². The van der Waals surface area contributed by atoms with E-state index in [0.29, 0.717) is 6.42 Å². The van der Waals surface area contributed by atoms with Gasteiger partial charge in [-0.2, -0.15) is 0 Å². The predicted molar refractivity (Wildman–Crippen MR) is 77.9 cm³/mol. The fourth-order valence-corrected chi connectivity index (χ4v) is 2.50. The Morgan fingerprint density at radius 2 is 1.89 bits per heavy atom. The lowest BCUT2D eigenvalue weighted by Gasteiger charge is -2.30. The van der Waals surface area contributed by atoms with Crippen molar-refractivity contribution in [3.8, 4) is 0 Å². The molecule has 0 aromatic carbocycles. The van der Waals surface area contributed by atoms with E-state index in [1.165, 1.54) is 0 Å². The third-order valence-electron chi connectivity index (χ3n) is 3.36. The van der Waals surface area contributed by atoms with E-state index in [1.54, 1.807) is 0 Å². The third-order valence-corrected chi connectivity index (χ3v) is 3.36. The zero-order chi connectivity index (χ0) is 14.4. The van der Waals surface area contributed by atoms with Crippen molar-refractivity contribution in [3.05, 3.63) is 18.2 Å². The Morgan fingerprint density at radius 1 is 1.26 bits per heavy atom. The lowest BCUT2D eigenvalue weighted by Crippen LogP contribution is -2.41. The Hall–Kier alpha value is -1.32. The van der Waals surface area contributed by atoms with Crippen LogP contribution in [0.3, 0.4) is 0 Å². The number of hydrogen-bond acceptors (Lipinski definition) is 2. The number of unbranched alkanes of at least 4 members (excludes halogenated alkanes) is 1. The minimum atomic E-state index is 0.271. The summed E-state index contributed by atoms with van der Waals surface area (Å²) in [5.74, 6) is 1.31. The van der Waals surface area contributed by atoms with Gasteiger partial charge in [0.25, 0.3) is 0 Å². The van der Waals surface area contributed by atoms with Crippen LogP contribution in [0, 0.1) is 6.92 Å². The topological polar surface area (TPSA) is 38.1 Å². The molecule has 0 N–H and O–H groups in total. The summed E-state index contributed by atoms with van der Waals surface area (Å²) in [6.45, 7) is 11.3. The zero-order valence-corrected chi connectivity index (χ0v) is 12.9. The summed E-state index contributed by atoms with van der Waals surface area (Å²) >= 11 is 0. The van der Waals surface area contributed by atoms with Crippen molar-refractivity contribution in [1.82, 2.24) is 14.5 Å². The quantitative estimate of drug-likeness (QED) is 0.711. The van der Waals surface area contributed by atoms with Crippen molar-refractivity contribution >= 4 is 5.91 Å². The van der Waals surface area contributed by atoms with E-state index in [0.717, 1.165) is 25.2 Å². The van der Waals surface area contributed by atoms with E-state index in [1.807, 2.05) is 24.2 Å². The molecule has 1 heterocycles. The SMILES string of the molecule is Cc1nccn1CCCCC(=O)N(C(C)C)C(C)C. The maximum absolute atomic E-state index is 12.2. The molecule has 4 heteroatoms. The average molecular weight is 265 g/mol. The van der Waals surface area contributed by atoms with E-state index in [-0.39, 0.29) is 18.0 Å². The van der Waals surface area contributed by atoms with Crippen molar-refractivity contribution in [2.24, 2.45) is 0 Å². The van der Waals surface area contributed by atoms with Gasteiger partial charge in [0.15, 0.2) is 0 Å². The van der Waals surface area contributed by atoms with Gasteiger partial charge in [-0.25, -0.2) is 4.98 Å². The first-order chi connectivity index (χ1) is 8.93. The van der Waals surface area contributed by atoms with E-state index in [2.05, 4.69) is 37.2 Å². The molecule has 1 aromatic heterocycles. The molecule has 0 bridgehead atoms. The first-order valence-electron chi connectivity index (χ1n) is 7.22. The molecule has 1 amide bonds. The molecule has 0 saturated carbocycles. The monoisotopic (exact) mass is 265 g/mol. The summed E-state index contributed by atoms with van der Waals surface area (Å²) < 4.78 is 2.13. The summed E-state index contributed by atoms with van der Waals surface area (Å²) in [5, 5.41) is 0. The van der Waals surface area contributed by atoms with Gasteiger partial charge in [-0.1, -0.05) is 0 Å². The molecule has 0 atom stereocenters. The largest absolute Gasteiger partial charge is 0.338 e. The number of amides is 1.